The normalized spacial score (nSPS) is 10.7. The van der Waals surface area contributed by atoms with Gasteiger partial charge in [-0.15, -0.1) is 11.6 Å². The van der Waals surface area contributed by atoms with E-state index in [9.17, 15) is 13.2 Å². The Labute approximate surface area is 90.0 Å². The SMILES string of the molecule is Nc1cc(C#CCCl)ccc1C(F)(F)F. The van der Waals surface area contributed by atoms with Gasteiger partial charge in [0.05, 0.1) is 11.4 Å². The Morgan fingerprint density at radius 2 is 2.00 bits per heavy atom. The molecular formula is C10H7ClF3N. The lowest BCUT2D eigenvalue weighted by atomic mass is 10.1. The highest BCUT2D eigenvalue weighted by Gasteiger charge is 2.32. The molecule has 1 rings (SSSR count). The first-order valence-corrected chi connectivity index (χ1v) is 4.50. The van der Waals surface area contributed by atoms with Crippen molar-refractivity contribution in [2.24, 2.45) is 0 Å². The molecule has 0 heterocycles. The van der Waals surface area contributed by atoms with Crippen LogP contribution in [-0.2, 0) is 6.18 Å². The first kappa shape index (κ1) is 11.7. The highest BCUT2D eigenvalue weighted by molar-refractivity contribution is 6.19. The molecule has 5 heteroatoms. The molecule has 0 aliphatic carbocycles. The Kier molecular flexibility index (Phi) is 3.48. The van der Waals surface area contributed by atoms with E-state index >= 15 is 0 Å². The van der Waals surface area contributed by atoms with Crippen LogP contribution in [0.15, 0.2) is 18.2 Å². The van der Waals surface area contributed by atoms with Crippen LogP contribution in [0.25, 0.3) is 0 Å². The summed E-state index contributed by atoms with van der Waals surface area (Å²) in [4.78, 5) is 0. The summed E-state index contributed by atoms with van der Waals surface area (Å²) in [6.07, 6.45) is -4.43. The minimum atomic E-state index is -4.43. The van der Waals surface area contributed by atoms with Crippen LogP contribution in [0.1, 0.15) is 11.1 Å². The summed E-state index contributed by atoms with van der Waals surface area (Å²) in [6.45, 7) is 0. The van der Waals surface area contributed by atoms with Crippen molar-refractivity contribution < 1.29 is 13.2 Å². The first-order valence-electron chi connectivity index (χ1n) is 3.96. The zero-order valence-corrected chi connectivity index (χ0v) is 8.28. The van der Waals surface area contributed by atoms with Gasteiger partial charge in [0.25, 0.3) is 0 Å². The van der Waals surface area contributed by atoms with Gasteiger partial charge in [0.2, 0.25) is 0 Å². The van der Waals surface area contributed by atoms with Gasteiger partial charge in [0.15, 0.2) is 0 Å². The summed E-state index contributed by atoms with van der Waals surface area (Å²) in [7, 11) is 0. The molecular weight excluding hydrogens is 227 g/mol. The molecule has 1 aromatic carbocycles. The topological polar surface area (TPSA) is 26.0 Å². The van der Waals surface area contributed by atoms with Gasteiger partial charge in [-0.3, -0.25) is 0 Å². The van der Waals surface area contributed by atoms with Crippen molar-refractivity contribution >= 4 is 17.3 Å². The molecule has 0 amide bonds. The lowest BCUT2D eigenvalue weighted by molar-refractivity contribution is -0.136. The summed E-state index contributed by atoms with van der Waals surface area (Å²) in [5.74, 6) is 5.24. The number of benzene rings is 1. The first-order chi connectivity index (χ1) is 6.95. The van der Waals surface area contributed by atoms with Crippen molar-refractivity contribution in [1.29, 1.82) is 0 Å². The van der Waals surface area contributed by atoms with Crippen molar-refractivity contribution in [3.05, 3.63) is 29.3 Å². The molecule has 0 fully saturated rings. The maximum absolute atomic E-state index is 12.3. The number of anilines is 1. The van der Waals surface area contributed by atoms with E-state index in [1.807, 2.05) is 0 Å². The third-order valence-corrected chi connectivity index (χ3v) is 1.79. The molecule has 0 atom stereocenters. The highest BCUT2D eigenvalue weighted by Crippen LogP contribution is 2.33. The molecule has 1 aromatic rings. The standard InChI is InChI=1S/C10H7ClF3N/c11-5-1-2-7-3-4-8(9(15)6-7)10(12,13)14/h3-4,6H,5,15H2. The van der Waals surface area contributed by atoms with Crippen LogP contribution in [0, 0.1) is 11.8 Å². The van der Waals surface area contributed by atoms with Crippen molar-refractivity contribution in [1.82, 2.24) is 0 Å². The average Bonchev–Trinajstić information content (AvgIpc) is 2.12. The molecule has 15 heavy (non-hydrogen) atoms. The molecule has 1 nitrogen and oxygen atoms in total. The molecule has 0 saturated carbocycles. The summed E-state index contributed by atoms with van der Waals surface area (Å²) in [6, 6.07) is 3.36. The van der Waals surface area contributed by atoms with Crippen LogP contribution < -0.4 is 5.73 Å². The Bertz CT molecular complexity index is 415. The van der Waals surface area contributed by atoms with E-state index in [1.165, 1.54) is 12.1 Å². The van der Waals surface area contributed by atoms with Gasteiger partial charge in [-0.25, -0.2) is 0 Å². The third-order valence-electron chi connectivity index (χ3n) is 1.66. The van der Waals surface area contributed by atoms with Gasteiger partial charge in [-0.05, 0) is 18.2 Å². The molecule has 0 aliphatic heterocycles. The van der Waals surface area contributed by atoms with E-state index in [4.69, 9.17) is 17.3 Å². The predicted molar refractivity (Wildman–Crippen MR) is 53.5 cm³/mol. The smallest absolute Gasteiger partial charge is 0.398 e. The number of alkyl halides is 4. The van der Waals surface area contributed by atoms with Crippen molar-refractivity contribution in [3.63, 3.8) is 0 Å². The van der Waals surface area contributed by atoms with Gasteiger partial charge >= 0.3 is 6.18 Å². The van der Waals surface area contributed by atoms with Crippen LogP contribution in [0.3, 0.4) is 0 Å². The molecule has 2 N–H and O–H groups in total. The largest absolute Gasteiger partial charge is 0.418 e. The highest BCUT2D eigenvalue weighted by atomic mass is 35.5. The number of hydrogen-bond donors (Lipinski definition) is 1. The zero-order chi connectivity index (χ0) is 11.5. The number of nitrogen functional groups attached to an aromatic ring is 1. The van der Waals surface area contributed by atoms with Crippen molar-refractivity contribution in [2.45, 2.75) is 6.18 Å². The number of halogens is 4. The molecule has 80 valence electrons. The number of nitrogens with two attached hydrogens (primary N) is 1. The average molecular weight is 234 g/mol. The Hall–Kier alpha value is -1.34. The van der Waals surface area contributed by atoms with Gasteiger partial charge in [0.1, 0.15) is 0 Å². The molecule has 0 bridgehead atoms. The summed E-state index contributed by atoms with van der Waals surface area (Å²) in [5, 5.41) is 0. The number of hydrogen-bond acceptors (Lipinski definition) is 1. The van der Waals surface area contributed by atoms with E-state index < -0.39 is 11.7 Å². The monoisotopic (exact) mass is 233 g/mol. The molecule has 0 spiro atoms. The van der Waals surface area contributed by atoms with E-state index in [2.05, 4.69) is 11.8 Å². The fraction of sp³-hybridized carbons (Fsp3) is 0.200. The molecule has 0 aliphatic rings. The van der Waals surface area contributed by atoms with Gasteiger partial charge in [0, 0.05) is 11.3 Å². The van der Waals surface area contributed by atoms with E-state index in [0.29, 0.717) is 5.56 Å². The second kappa shape index (κ2) is 4.45. The molecule has 0 unspecified atom stereocenters. The molecule has 0 radical (unpaired) electrons. The maximum Gasteiger partial charge on any atom is 0.418 e. The van der Waals surface area contributed by atoms with Gasteiger partial charge in [-0.2, -0.15) is 13.2 Å². The van der Waals surface area contributed by atoms with Gasteiger partial charge in [-0.1, -0.05) is 11.8 Å². The Balaban J connectivity index is 3.09. The van der Waals surface area contributed by atoms with Crippen molar-refractivity contribution in [3.8, 4) is 11.8 Å². The minimum absolute atomic E-state index is 0.126. The van der Waals surface area contributed by atoms with Crippen LogP contribution in [0.4, 0.5) is 18.9 Å². The zero-order valence-electron chi connectivity index (χ0n) is 7.53. The minimum Gasteiger partial charge on any atom is -0.398 e. The fourth-order valence-electron chi connectivity index (χ4n) is 1.03. The Morgan fingerprint density at radius 1 is 1.33 bits per heavy atom. The quantitative estimate of drug-likeness (QED) is 0.416. The Morgan fingerprint density at radius 3 is 2.47 bits per heavy atom. The molecule has 0 aromatic heterocycles. The lowest BCUT2D eigenvalue weighted by Gasteiger charge is -2.09. The van der Waals surface area contributed by atoms with Crippen LogP contribution >= 0.6 is 11.6 Å². The lowest BCUT2D eigenvalue weighted by Crippen LogP contribution is -2.08. The third kappa shape index (κ3) is 3.07. The van der Waals surface area contributed by atoms with Crippen LogP contribution in [0.5, 0.6) is 0 Å². The number of rotatable bonds is 0. The predicted octanol–water partition coefficient (Wildman–Crippen LogP) is 2.88. The van der Waals surface area contributed by atoms with Gasteiger partial charge < -0.3 is 5.73 Å². The maximum atomic E-state index is 12.3. The summed E-state index contributed by atoms with van der Waals surface area (Å²) >= 11 is 5.31. The second-order valence-corrected chi connectivity index (χ2v) is 3.00. The molecule has 0 saturated heterocycles. The fourth-order valence-corrected chi connectivity index (χ4v) is 1.10. The van der Waals surface area contributed by atoms with Crippen LogP contribution in [-0.4, -0.2) is 5.88 Å². The van der Waals surface area contributed by atoms with Crippen LogP contribution in [0.2, 0.25) is 0 Å². The van der Waals surface area contributed by atoms with E-state index in [-0.39, 0.29) is 11.6 Å². The van der Waals surface area contributed by atoms with E-state index in [1.54, 1.807) is 0 Å². The second-order valence-electron chi connectivity index (χ2n) is 2.74. The van der Waals surface area contributed by atoms with E-state index in [0.717, 1.165) is 6.07 Å². The summed E-state index contributed by atoms with van der Waals surface area (Å²) < 4.78 is 36.9. The summed E-state index contributed by atoms with van der Waals surface area (Å²) in [5.41, 5.74) is 4.50. The van der Waals surface area contributed by atoms with Crippen molar-refractivity contribution in [2.75, 3.05) is 11.6 Å².